The second-order valence-corrected chi connectivity index (χ2v) is 6.45. The van der Waals surface area contributed by atoms with Crippen molar-refractivity contribution in [1.29, 1.82) is 0 Å². The van der Waals surface area contributed by atoms with Crippen molar-refractivity contribution in [3.8, 4) is 5.75 Å². The van der Waals surface area contributed by atoms with Gasteiger partial charge in [0.25, 0.3) is 0 Å². The van der Waals surface area contributed by atoms with Crippen molar-refractivity contribution in [2.24, 2.45) is 0 Å². The number of amides is 1. The third-order valence-electron chi connectivity index (χ3n) is 3.80. The van der Waals surface area contributed by atoms with Gasteiger partial charge in [-0.3, -0.25) is 0 Å². The van der Waals surface area contributed by atoms with Crippen molar-refractivity contribution in [2.45, 2.75) is 17.7 Å². The molecule has 0 aromatic heterocycles. The Kier molecular flexibility index (Phi) is 3.07. The number of hydrogen-bond donors (Lipinski definition) is 1. The van der Waals surface area contributed by atoms with E-state index in [1.807, 2.05) is 44.3 Å². The molecule has 20 heavy (non-hydrogen) atoms. The van der Waals surface area contributed by atoms with Crippen LogP contribution in [0.4, 0.5) is 5.69 Å². The number of carbonyl (C=O) groups is 1. The van der Waals surface area contributed by atoms with Gasteiger partial charge in [-0.1, -0.05) is 30.3 Å². The van der Waals surface area contributed by atoms with E-state index in [4.69, 9.17) is 0 Å². The second kappa shape index (κ2) is 4.65. The number of carbonyl (C=O) groups excluding carboxylic acids is 1. The summed E-state index contributed by atoms with van der Waals surface area (Å²) in [6.45, 7) is 1.93. The van der Waals surface area contributed by atoms with Crippen molar-refractivity contribution in [1.82, 2.24) is 3.89 Å². The molecule has 0 bridgehead atoms. The predicted molar refractivity (Wildman–Crippen MR) is 81.5 cm³/mol. The Morgan fingerprint density at radius 2 is 1.75 bits per heavy atom. The van der Waals surface area contributed by atoms with E-state index >= 15 is 0 Å². The number of para-hydroxylation sites is 2. The number of fused-ring (bicyclic) bond motifs is 1. The zero-order valence-electron chi connectivity index (χ0n) is 11.4. The van der Waals surface area contributed by atoms with Crippen LogP contribution in [0.2, 0.25) is 0 Å². The molecule has 4 heteroatoms. The van der Waals surface area contributed by atoms with E-state index in [1.54, 1.807) is 18.2 Å². The number of aromatic hydroxyl groups is 1. The summed E-state index contributed by atoms with van der Waals surface area (Å²) in [5, 5.41) is 10.1. The number of phenols is 1. The summed E-state index contributed by atoms with van der Waals surface area (Å²) in [6, 6.07) is 15.0. The molecular formula is C16H16NO2S+. The van der Waals surface area contributed by atoms with Crippen LogP contribution in [0.25, 0.3) is 0 Å². The molecule has 0 fully saturated rings. The molecule has 1 aliphatic heterocycles. The van der Waals surface area contributed by atoms with Gasteiger partial charge in [0.1, 0.15) is 11.9 Å². The molecule has 2 unspecified atom stereocenters. The van der Waals surface area contributed by atoms with E-state index < -0.39 is 0 Å². The predicted octanol–water partition coefficient (Wildman–Crippen LogP) is 3.68. The van der Waals surface area contributed by atoms with Gasteiger partial charge in [0.15, 0.2) is 11.4 Å². The second-order valence-electron chi connectivity index (χ2n) is 5.10. The number of likely N-dealkylation sites (N-methyl/N-ethyl adjacent to an activating group) is 1. The summed E-state index contributed by atoms with van der Waals surface area (Å²) in [7, 11) is 1.84. The van der Waals surface area contributed by atoms with E-state index in [-0.39, 0.29) is 21.5 Å². The van der Waals surface area contributed by atoms with Gasteiger partial charge in [0, 0.05) is 6.07 Å². The minimum atomic E-state index is -0.183. The third-order valence-corrected chi connectivity index (χ3v) is 5.11. The largest absolute Gasteiger partial charge is 0.503 e. The Hall–Kier alpha value is -1.78. The summed E-state index contributed by atoms with van der Waals surface area (Å²) in [5.74, 6) is 0.0506. The van der Waals surface area contributed by atoms with E-state index in [0.717, 1.165) is 10.5 Å². The Labute approximate surface area is 122 Å². The number of hydrogen-bond acceptors (Lipinski definition) is 3. The highest BCUT2D eigenvalue weighted by Crippen LogP contribution is 2.48. The lowest BCUT2D eigenvalue weighted by Crippen LogP contribution is -2.48. The number of benzene rings is 2. The molecule has 3 rings (SSSR count). The smallest absolute Gasteiger partial charge is 0.337 e. The van der Waals surface area contributed by atoms with Gasteiger partial charge in [-0.05, 0) is 24.6 Å². The third kappa shape index (κ3) is 1.84. The summed E-state index contributed by atoms with van der Waals surface area (Å²) in [6.07, 6.45) is 0. The average Bonchev–Trinajstić information content (AvgIpc) is 2.45. The molecule has 0 spiro atoms. The zero-order valence-corrected chi connectivity index (χ0v) is 12.2. The molecular weight excluding hydrogens is 270 g/mol. The molecule has 0 radical (unpaired) electrons. The van der Waals surface area contributed by atoms with Crippen LogP contribution in [0, 0.1) is 0 Å². The van der Waals surface area contributed by atoms with E-state index in [1.165, 1.54) is 11.9 Å². The monoisotopic (exact) mass is 286 g/mol. The Morgan fingerprint density at radius 1 is 1.10 bits per heavy atom. The first-order valence-electron chi connectivity index (χ1n) is 6.52. The van der Waals surface area contributed by atoms with E-state index in [0.29, 0.717) is 5.69 Å². The van der Waals surface area contributed by atoms with Crippen LogP contribution in [0.3, 0.4) is 0 Å². The first kappa shape index (κ1) is 13.2. The zero-order chi connectivity index (χ0) is 14.3. The molecule has 2 atom stereocenters. The molecule has 3 nitrogen and oxygen atoms in total. The van der Waals surface area contributed by atoms with Crippen molar-refractivity contribution >= 4 is 23.5 Å². The maximum absolute atomic E-state index is 12.8. The van der Waals surface area contributed by atoms with Gasteiger partial charge in [0.05, 0.1) is 17.9 Å². The summed E-state index contributed by atoms with van der Waals surface area (Å²) in [5.41, 5.74) is 1.69. The SMILES string of the molecule is CC1C(=O)[N+](C)(c2ccccc2O)Sc2ccccc21. The Bertz CT molecular complexity index is 686. The topological polar surface area (TPSA) is 37.3 Å². The van der Waals surface area contributed by atoms with E-state index in [2.05, 4.69) is 0 Å². The lowest BCUT2D eigenvalue weighted by Gasteiger charge is -2.35. The normalized spacial score (nSPS) is 25.3. The molecule has 2 aromatic rings. The van der Waals surface area contributed by atoms with Crippen LogP contribution in [-0.2, 0) is 4.79 Å². The number of nitrogens with zero attached hydrogens (tertiary/aromatic N) is 1. The van der Waals surface area contributed by atoms with Crippen molar-refractivity contribution in [3.63, 3.8) is 0 Å². The van der Waals surface area contributed by atoms with Gasteiger partial charge in [-0.25, -0.2) is 4.79 Å². The molecule has 2 aromatic carbocycles. The van der Waals surface area contributed by atoms with Crippen LogP contribution in [0.5, 0.6) is 5.75 Å². The van der Waals surface area contributed by atoms with Gasteiger partial charge < -0.3 is 5.11 Å². The Balaban J connectivity index is 2.17. The highest BCUT2D eigenvalue weighted by Gasteiger charge is 2.47. The highest BCUT2D eigenvalue weighted by atomic mass is 32.2. The first-order valence-corrected chi connectivity index (χ1v) is 7.29. The molecule has 1 amide bonds. The van der Waals surface area contributed by atoms with Crippen LogP contribution in [0.1, 0.15) is 18.4 Å². The van der Waals surface area contributed by atoms with Gasteiger partial charge in [0.2, 0.25) is 0 Å². The maximum atomic E-state index is 12.8. The standard InChI is InChI=1S/C16H15NO2S/c1-11-12-7-3-6-10-15(12)20-17(2,16(11)19)13-8-4-5-9-14(13)18/h3-11H,1-2H3/p+1. The molecule has 0 saturated heterocycles. The fourth-order valence-corrected chi connectivity index (χ4v) is 4.04. The van der Waals surface area contributed by atoms with Crippen molar-refractivity contribution < 1.29 is 9.90 Å². The fraction of sp³-hybridized carbons (Fsp3) is 0.188. The molecule has 1 heterocycles. The minimum Gasteiger partial charge on any atom is -0.503 e. The molecule has 0 saturated carbocycles. The average molecular weight is 286 g/mol. The van der Waals surface area contributed by atoms with Gasteiger partial charge in [-0.15, -0.1) is 0 Å². The van der Waals surface area contributed by atoms with Crippen LogP contribution >= 0.6 is 11.9 Å². The van der Waals surface area contributed by atoms with Crippen LogP contribution in [0.15, 0.2) is 53.4 Å². The summed E-state index contributed by atoms with van der Waals surface area (Å²) < 4.78 is 0.0326. The quantitative estimate of drug-likeness (QED) is 0.642. The van der Waals surface area contributed by atoms with Crippen LogP contribution < -0.4 is 3.89 Å². The van der Waals surface area contributed by atoms with Gasteiger partial charge in [-0.2, -0.15) is 3.89 Å². The number of quaternary nitrogens is 1. The van der Waals surface area contributed by atoms with Crippen molar-refractivity contribution in [3.05, 3.63) is 54.1 Å². The maximum Gasteiger partial charge on any atom is 0.337 e. The molecule has 1 N–H and O–H groups in total. The summed E-state index contributed by atoms with van der Waals surface area (Å²) >= 11 is 1.47. The Morgan fingerprint density at radius 3 is 2.50 bits per heavy atom. The molecule has 1 aliphatic rings. The summed E-state index contributed by atoms with van der Waals surface area (Å²) in [4.78, 5) is 13.9. The molecule has 102 valence electrons. The fourth-order valence-electron chi connectivity index (χ4n) is 2.66. The number of rotatable bonds is 1. The lowest BCUT2D eigenvalue weighted by atomic mass is 9.99. The molecule has 0 aliphatic carbocycles. The lowest BCUT2D eigenvalue weighted by molar-refractivity contribution is -0.126. The van der Waals surface area contributed by atoms with Crippen LogP contribution in [-0.4, -0.2) is 18.1 Å². The van der Waals surface area contributed by atoms with Gasteiger partial charge >= 0.3 is 5.91 Å². The van der Waals surface area contributed by atoms with Crippen molar-refractivity contribution in [2.75, 3.05) is 7.05 Å². The minimum absolute atomic E-state index is 0.0326. The highest BCUT2D eigenvalue weighted by molar-refractivity contribution is 7.99. The number of phenolic OH excluding ortho intramolecular Hbond substituents is 1. The van der Waals surface area contributed by atoms with E-state index in [9.17, 15) is 9.90 Å². The first-order chi connectivity index (χ1) is 9.54.